The molecule has 0 unspecified atom stereocenters. The van der Waals surface area contributed by atoms with E-state index in [-0.39, 0.29) is 0 Å². The summed E-state index contributed by atoms with van der Waals surface area (Å²) in [6.45, 7) is 1.82. The summed E-state index contributed by atoms with van der Waals surface area (Å²) in [5, 5.41) is 14.3. The molecule has 1 aromatic heterocycles. The molecule has 1 N–H and O–H groups in total. The molecule has 72 valence electrons. The second kappa shape index (κ2) is 3.56. The average molecular weight is 204 g/mol. The fourth-order valence-electron chi connectivity index (χ4n) is 1.47. The molecule has 1 aromatic carbocycles. The Labute approximate surface area is 87.7 Å². The minimum atomic E-state index is -0.874. The average Bonchev–Trinajstić information content (AvgIpc) is 2.72. The first kappa shape index (κ1) is 9.44. The topological polar surface area (TPSA) is 20.2 Å². The maximum absolute atomic E-state index is 10.4. The Balaban J connectivity index is 2.43. The second-order valence-corrected chi connectivity index (χ2v) is 4.23. The van der Waals surface area contributed by atoms with Crippen LogP contribution in [-0.4, -0.2) is 5.11 Å². The van der Waals surface area contributed by atoms with Crippen molar-refractivity contribution < 1.29 is 5.11 Å². The number of hydrogen-bond donors (Lipinski definition) is 1. The summed E-state index contributed by atoms with van der Waals surface area (Å²) in [5.74, 6) is 0. The molecule has 0 bridgehead atoms. The minimum absolute atomic E-state index is 0.874. The Hall–Kier alpha value is -1.12. The van der Waals surface area contributed by atoms with Crippen LogP contribution in [0.25, 0.3) is 0 Å². The lowest BCUT2D eigenvalue weighted by molar-refractivity contribution is 0.103. The van der Waals surface area contributed by atoms with Gasteiger partial charge in [0.2, 0.25) is 0 Å². The second-order valence-electron chi connectivity index (χ2n) is 3.45. The normalized spacial score (nSPS) is 15.0. The molecule has 0 aliphatic rings. The van der Waals surface area contributed by atoms with Gasteiger partial charge in [-0.2, -0.15) is 11.3 Å². The van der Waals surface area contributed by atoms with Gasteiger partial charge in [0.05, 0.1) is 0 Å². The first-order valence-electron chi connectivity index (χ1n) is 4.52. The first-order chi connectivity index (χ1) is 6.71. The highest BCUT2D eigenvalue weighted by Gasteiger charge is 2.25. The van der Waals surface area contributed by atoms with E-state index in [2.05, 4.69) is 0 Å². The highest BCUT2D eigenvalue weighted by atomic mass is 32.1. The third-order valence-corrected chi connectivity index (χ3v) is 3.10. The van der Waals surface area contributed by atoms with Gasteiger partial charge >= 0.3 is 0 Å². The zero-order valence-electron chi connectivity index (χ0n) is 7.97. The van der Waals surface area contributed by atoms with Gasteiger partial charge in [0.15, 0.2) is 0 Å². The van der Waals surface area contributed by atoms with Crippen LogP contribution in [0.5, 0.6) is 0 Å². The predicted molar refractivity (Wildman–Crippen MR) is 59.4 cm³/mol. The fraction of sp³-hybridized carbons (Fsp3) is 0.167. The monoisotopic (exact) mass is 204 g/mol. The number of hydrogen-bond acceptors (Lipinski definition) is 2. The lowest BCUT2D eigenvalue weighted by Crippen LogP contribution is -2.21. The lowest BCUT2D eigenvalue weighted by Gasteiger charge is -2.22. The van der Waals surface area contributed by atoms with Crippen LogP contribution in [0.15, 0.2) is 47.2 Å². The summed E-state index contributed by atoms with van der Waals surface area (Å²) in [6, 6.07) is 11.7. The summed E-state index contributed by atoms with van der Waals surface area (Å²) < 4.78 is 0. The Morgan fingerprint density at radius 3 is 2.36 bits per heavy atom. The number of rotatable bonds is 2. The van der Waals surface area contributed by atoms with E-state index in [1.807, 2.05) is 54.1 Å². The summed E-state index contributed by atoms with van der Waals surface area (Å²) in [5.41, 5.74) is 1.01. The molecule has 0 aliphatic heterocycles. The molecule has 0 amide bonds. The van der Waals surface area contributed by atoms with Gasteiger partial charge < -0.3 is 5.11 Å². The van der Waals surface area contributed by atoms with Crippen LogP contribution >= 0.6 is 11.3 Å². The molecule has 2 rings (SSSR count). The standard InChI is InChI=1S/C12H12OS/c1-12(13,11-7-8-14-9-11)10-5-3-2-4-6-10/h2-9,13H,1H3/t12-/m0/s1. The van der Waals surface area contributed by atoms with E-state index in [0.717, 1.165) is 11.1 Å². The molecule has 0 radical (unpaired) electrons. The number of benzene rings is 1. The molecule has 14 heavy (non-hydrogen) atoms. The predicted octanol–water partition coefficient (Wildman–Crippen LogP) is 3.00. The van der Waals surface area contributed by atoms with Crippen molar-refractivity contribution in [2.24, 2.45) is 0 Å². The maximum Gasteiger partial charge on any atom is 0.113 e. The van der Waals surface area contributed by atoms with Gasteiger partial charge in [0.25, 0.3) is 0 Å². The SMILES string of the molecule is C[C@](O)(c1ccccc1)c1ccsc1. The molecule has 2 aromatic rings. The van der Waals surface area contributed by atoms with Gasteiger partial charge in [-0.3, -0.25) is 0 Å². The van der Waals surface area contributed by atoms with Gasteiger partial charge in [0, 0.05) is 0 Å². The molecule has 0 saturated heterocycles. The van der Waals surface area contributed by atoms with E-state index in [1.165, 1.54) is 0 Å². The van der Waals surface area contributed by atoms with Crippen LogP contribution in [0.1, 0.15) is 18.1 Å². The van der Waals surface area contributed by atoms with Crippen molar-refractivity contribution in [2.75, 3.05) is 0 Å². The minimum Gasteiger partial charge on any atom is -0.381 e. The van der Waals surface area contributed by atoms with Gasteiger partial charge in [-0.1, -0.05) is 30.3 Å². The summed E-state index contributed by atoms with van der Waals surface area (Å²) >= 11 is 1.60. The molecule has 2 heteroatoms. The Morgan fingerprint density at radius 2 is 1.79 bits per heavy atom. The van der Waals surface area contributed by atoms with Crippen LogP contribution < -0.4 is 0 Å². The van der Waals surface area contributed by atoms with E-state index < -0.39 is 5.60 Å². The molecule has 0 spiro atoms. The van der Waals surface area contributed by atoms with E-state index in [9.17, 15) is 5.11 Å². The molecule has 0 fully saturated rings. The van der Waals surface area contributed by atoms with Crippen molar-refractivity contribution in [1.29, 1.82) is 0 Å². The summed E-state index contributed by atoms with van der Waals surface area (Å²) in [6.07, 6.45) is 0. The van der Waals surface area contributed by atoms with Crippen LogP contribution in [0, 0.1) is 0 Å². The van der Waals surface area contributed by atoms with Crippen molar-refractivity contribution in [3.63, 3.8) is 0 Å². The smallest absolute Gasteiger partial charge is 0.113 e. The van der Waals surface area contributed by atoms with Crippen molar-refractivity contribution in [3.05, 3.63) is 58.3 Å². The zero-order chi connectivity index (χ0) is 10.0. The highest BCUT2D eigenvalue weighted by molar-refractivity contribution is 7.08. The van der Waals surface area contributed by atoms with Crippen molar-refractivity contribution in [1.82, 2.24) is 0 Å². The summed E-state index contributed by atoms with van der Waals surface area (Å²) in [7, 11) is 0. The van der Waals surface area contributed by atoms with E-state index in [0.29, 0.717) is 0 Å². The number of thiophene rings is 1. The maximum atomic E-state index is 10.4. The fourth-order valence-corrected chi connectivity index (χ4v) is 2.23. The van der Waals surface area contributed by atoms with Gasteiger partial charge in [-0.15, -0.1) is 0 Å². The van der Waals surface area contributed by atoms with E-state index in [4.69, 9.17) is 0 Å². The highest BCUT2D eigenvalue weighted by Crippen LogP contribution is 2.29. The number of aliphatic hydroxyl groups is 1. The molecule has 1 heterocycles. The van der Waals surface area contributed by atoms with Crippen LogP contribution in [0.4, 0.5) is 0 Å². The Kier molecular flexibility index (Phi) is 2.40. The van der Waals surface area contributed by atoms with Crippen molar-refractivity contribution in [3.8, 4) is 0 Å². The molecular formula is C12H12OS. The molecule has 0 saturated carbocycles. The molecular weight excluding hydrogens is 192 g/mol. The van der Waals surface area contributed by atoms with E-state index >= 15 is 0 Å². The molecule has 1 atom stereocenters. The van der Waals surface area contributed by atoms with Crippen LogP contribution in [0.3, 0.4) is 0 Å². The molecule has 1 nitrogen and oxygen atoms in total. The Morgan fingerprint density at radius 1 is 1.07 bits per heavy atom. The Bertz CT molecular complexity index is 390. The van der Waals surface area contributed by atoms with Crippen molar-refractivity contribution in [2.45, 2.75) is 12.5 Å². The third kappa shape index (κ3) is 1.59. The largest absolute Gasteiger partial charge is 0.381 e. The van der Waals surface area contributed by atoms with Gasteiger partial charge in [-0.25, -0.2) is 0 Å². The van der Waals surface area contributed by atoms with Gasteiger partial charge in [0.1, 0.15) is 5.60 Å². The van der Waals surface area contributed by atoms with Crippen LogP contribution in [-0.2, 0) is 5.60 Å². The quantitative estimate of drug-likeness (QED) is 0.797. The molecule has 0 aliphatic carbocycles. The van der Waals surface area contributed by atoms with Crippen LogP contribution in [0.2, 0.25) is 0 Å². The van der Waals surface area contributed by atoms with Crippen molar-refractivity contribution >= 4 is 11.3 Å². The zero-order valence-corrected chi connectivity index (χ0v) is 8.79. The first-order valence-corrected chi connectivity index (χ1v) is 5.46. The third-order valence-electron chi connectivity index (χ3n) is 2.42. The summed E-state index contributed by atoms with van der Waals surface area (Å²) in [4.78, 5) is 0. The lowest BCUT2D eigenvalue weighted by atomic mass is 9.90. The van der Waals surface area contributed by atoms with Gasteiger partial charge in [-0.05, 0) is 34.9 Å². The van der Waals surface area contributed by atoms with E-state index in [1.54, 1.807) is 11.3 Å².